The number of halogens is 1. The standard InChI is InChI=1S/C30H33ClN6O2/c1-19-9-10-23(27(15-19)37-11-13-39-14-12-37)29(38)34-20-5-4-6-21(16-20)35-30-33-18-25(31)28(36-30)24-17-32-26-8-3-2-7-22(24)26/h2-3,7-10,15,17-18,20-21,32H,4-6,11-14,16H2,1H3,(H,34,38)(H,33,35,36)/t20-,21+/m0/s1. The minimum Gasteiger partial charge on any atom is -0.378 e. The number of aromatic nitrogens is 3. The van der Waals surface area contributed by atoms with E-state index in [1.165, 1.54) is 0 Å². The van der Waals surface area contributed by atoms with Crippen LogP contribution in [0.4, 0.5) is 11.6 Å². The summed E-state index contributed by atoms with van der Waals surface area (Å²) in [5, 5.41) is 8.39. The van der Waals surface area contributed by atoms with Crippen LogP contribution in [-0.4, -0.2) is 59.2 Å². The summed E-state index contributed by atoms with van der Waals surface area (Å²) >= 11 is 6.52. The van der Waals surface area contributed by atoms with Gasteiger partial charge in [0.1, 0.15) is 0 Å². The SMILES string of the molecule is Cc1ccc(C(=O)N[C@H]2CCC[C@@H](Nc3ncc(Cl)c(-c4c[nH]c5ccccc45)n3)C2)c(N2CCOCC2)c1. The number of carbonyl (C=O) groups is 1. The summed E-state index contributed by atoms with van der Waals surface area (Å²) in [7, 11) is 0. The number of hydrogen-bond acceptors (Lipinski definition) is 6. The maximum Gasteiger partial charge on any atom is 0.253 e. The highest BCUT2D eigenvalue weighted by molar-refractivity contribution is 6.33. The second-order valence-corrected chi connectivity index (χ2v) is 10.8. The van der Waals surface area contributed by atoms with Gasteiger partial charge in [-0.1, -0.05) is 35.9 Å². The van der Waals surface area contributed by atoms with Crippen molar-refractivity contribution in [1.82, 2.24) is 20.3 Å². The van der Waals surface area contributed by atoms with E-state index in [2.05, 4.69) is 44.6 Å². The fraction of sp³-hybridized carbons (Fsp3) is 0.367. The highest BCUT2D eigenvalue weighted by atomic mass is 35.5. The van der Waals surface area contributed by atoms with Gasteiger partial charge in [0.25, 0.3) is 5.91 Å². The van der Waals surface area contributed by atoms with Crippen LogP contribution in [0, 0.1) is 6.92 Å². The maximum absolute atomic E-state index is 13.4. The first-order valence-corrected chi connectivity index (χ1v) is 14.0. The van der Waals surface area contributed by atoms with Crippen molar-refractivity contribution < 1.29 is 9.53 Å². The van der Waals surface area contributed by atoms with Crippen molar-refractivity contribution in [1.29, 1.82) is 0 Å². The first-order valence-electron chi connectivity index (χ1n) is 13.6. The molecular formula is C30H33ClN6O2. The van der Waals surface area contributed by atoms with Crippen molar-refractivity contribution in [3.8, 4) is 11.3 Å². The Morgan fingerprint density at radius 2 is 1.95 bits per heavy atom. The second-order valence-electron chi connectivity index (χ2n) is 10.4. The fourth-order valence-corrected chi connectivity index (χ4v) is 5.88. The lowest BCUT2D eigenvalue weighted by Crippen LogP contribution is -2.43. The zero-order valence-corrected chi connectivity index (χ0v) is 22.8. The molecule has 0 radical (unpaired) electrons. The summed E-state index contributed by atoms with van der Waals surface area (Å²) in [5.41, 5.74) is 5.53. The Labute approximate surface area is 233 Å². The smallest absolute Gasteiger partial charge is 0.253 e. The zero-order chi connectivity index (χ0) is 26.8. The molecule has 39 heavy (non-hydrogen) atoms. The van der Waals surface area contributed by atoms with E-state index in [0.717, 1.165) is 72.1 Å². The topological polar surface area (TPSA) is 95.2 Å². The second kappa shape index (κ2) is 11.2. The van der Waals surface area contributed by atoms with Crippen molar-refractivity contribution in [3.63, 3.8) is 0 Å². The van der Waals surface area contributed by atoms with Crippen LogP contribution in [0.1, 0.15) is 41.6 Å². The molecule has 0 bridgehead atoms. The summed E-state index contributed by atoms with van der Waals surface area (Å²) in [6.45, 7) is 5.01. The molecule has 8 nitrogen and oxygen atoms in total. The molecule has 2 aliphatic rings. The number of nitrogens with zero attached hydrogens (tertiary/aromatic N) is 3. The van der Waals surface area contributed by atoms with Gasteiger partial charge in [0.15, 0.2) is 0 Å². The Morgan fingerprint density at radius 3 is 2.82 bits per heavy atom. The first kappa shape index (κ1) is 25.6. The van der Waals surface area contributed by atoms with E-state index in [1.807, 2.05) is 36.5 Å². The molecule has 6 rings (SSSR count). The zero-order valence-electron chi connectivity index (χ0n) is 22.0. The van der Waals surface area contributed by atoms with Gasteiger partial charge in [-0.3, -0.25) is 4.79 Å². The third-order valence-electron chi connectivity index (χ3n) is 7.68. The number of nitrogens with one attached hydrogen (secondary N) is 3. The van der Waals surface area contributed by atoms with Gasteiger partial charge in [0.2, 0.25) is 5.95 Å². The van der Waals surface area contributed by atoms with Crippen LogP contribution in [0.15, 0.2) is 54.9 Å². The van der Waals surface area contributed by atoms with E-state index in [4.69, 9.17) is 21.3 Å². The number of hydrogen-bond donors (Lipinski definition) is 3. The van der Waals surface area contributed by atoms with E-state index in [1.54, 1.807) is 6.20 Å². The molecule has 2 atom stereocenters. The van der Waals surface area contributed by atoms with Crippen LogP contribution < -0.4 is 15.5 Å². The molecule has 9 heteroatoms. The summed E-state index contributed by atoms with van der Waals surface area (Å²) in [5.74, 6) is 0.524. The highest BCUT2D eigenvalue weighted by Crippen LogP contribution is 2.33. The van der Waals surface area contributed by atoms with E-state index in [0.29, 0.717) is 29.9 Å². The molecular weight excluding hydrogens is 512 g/mol. The van der Waals surface area contributed by atoms with Crippen molar-refractivity contribution in [2.45, 2.75) is 44.7 Å². The van der Waals surface area contributed by atoms with Crippen LogP contribution in [0.25, 0.3) is 22.2 Å². The number of anilines is 2. The molecule has 3 heterocycles. The average Bonchev–Trinajstić information content (AvgIpc) is 3.39. The van der Waals surface area contributed by atoms with Crippen molar-refractivity contribution in [2.75, 3.05) is 36.5 Å². The van der Waals surface area contributed by atoms with Crippen LogP contribution in [-0.2, 0) is 4.74 Å². The van der Waals surface area contributed by atoms with Crippen molar-refractivity contribution >= 4 is 40.0 Å². The van der Waals surface area contributed by atoms with Gasteiger partial charge in [-0.15, -0.1) is 0 Å². The number of amides is 1. The van der Waals surface area contributed by atoms with Crippen LogP contribution >= 0.6 is 11.6 Å². The molecule has 1 saturated heterocycles. The molecule has 0 unspecified atom stereocenters. The highest BCUT2D eigenvalue weighted by Gasteiger charge is 2.26. The summed E-state index contributed by atoms with van der Waals surface area (Å²) < 4.78 is 5.52. The number of benzene rings is 2. The van der Waals surface area contributed by atoms with Gasteiger partial charge in [0.05, 0.1) is 35.7 Å². The molecule has 1 amide bonds. The number of para-hydroxylation sites is 1. The third kappa shape index (κ3) is 5.58. The molecule has 0 spiro atoms. The fourth-order valence-electron chi connectivity index (χ4n) is 5.69. The van der Waals surface area contributed by atoms with Gasteiger partial charge >= 0.3 is 0 Å². The summed E-state index contributed by atoms with van der Waals surface area (Å²) in [6.07, 6.45) is 7.34. The number of H-pyrrole nitrogens is 1. The quantitative estimate of drug-likeness (QED) is 0.293. The van der Waals surface area contributed by atoms with Gasteiger partial charge in [0, 0.05) is 53.5 Å². The van der Waals surface area contributed by atoms with Crippen LogP contribution in [0.3, 0.4) is 0 Å². The molecule has 2 fully saturated rings. The number of aryl methyl sites for hydroxylation is 1. The van der Waals surface area contributed by atoms with E-state index in [9.17, 15) is 4.79 Å². The lowest BCUT2D eigenvalue weighted by Gasteiger charge is -2.32. The number of carbonyl (C=O) groups excluding carboxylic acids is 1. The Balaban J connectivity index is 1.15. The molecule has 202 valence electrons. The Morgan fingerprint density at radius 1 is 1.13 bits per heavy atom. The Kier molecular flexibility index (Phi) is 7.39. The monoisotopic (exact) mass is 544 g/mol. The minimum atomic E-state index is -0.0218. The maximum atomic E-state index is 13.4. The third-order valence-corrected chi connectivity index (χ3v) is 7.96. The first-order chi connectivity index (χ1) is 19.0. The van der Waals surface area contributed by atoms with Crippen molar-refractivity contribution in [2.24, 2.45) is 0 Å². The average molecular weight is 545 g/mol. The van der Waals surface area contributed by atoms with Gasteiger partial charge < -0.3 is 25.3 Å². The predicted molar refractivity (Wildman–Crippen MR) is 156 cm³/mol. The molecule has 1 saturated carbocycles. The van der Waals surface area contributed by atoms with Crippen molar-refractivity contribution in [3.05, 3.63) is 71.0 Å². The summed E-state index contributed by atoms with van der Waals surface area (Å²) in [6, 6.07) is 14.4. The predicted octanol–water partition coefficient (Wildman–Crippen LogP) is 5.58. The van der Waals surface area contributed by atoms with Crippen LogP contribution in [0.2, 0.25) is 5.02 Å². The Bertz CT molecular complexity index is 1480. The number of ether oxygens (including phenoxy) is 1. The lowest BCUT2D eigenvalue weighted by atomic mass is 9.90. The lowest BCUT2D eigenvalue weighted by molar-refractivity contribution is 0.0925. The minimum absolute atomic E-state index is 0.0218. The van der Waals surface area contributed by atoms with E-state index >= 15 is 0 Å². The molecule has 1 aliphatic carbocycles. The van der Waals surface area contributed by atoms with Gasteiger partial charge in [-0.25, -0.2) is 9.97 Å². The molecule has 2 aromatic carbocycles. The summed E-state index contributed by atoms with van der Waals surface area (Å²) in [4.78, 5) is 28.2. The number of rotatable bonds is 6. The molecule has 3 N–H and O–H groups in total. The van der Waals surface area contributed by atoms with E-state index < -0.39 is 0 Å². The molecule has 4 aromatic rings. The van der Waals surface area contributed by atoms with Gasteiger partial charge in [-0.05, 0) is 56.4 Å². The number of morpholine rings is 1. The Hall–Kier alpha value is -3.62. The molecule has 1 aliphatic heterocycles. The molecule has 2 aromatic heterocycles. The van der Waals surface area contributed by atoms with Gasteiger partial charge in [-0.2, -0.15) is 0 Å². The number of fused-ring (bicyclic) bond motifs is 1. The number of aromatic amines is 1. The normalized spacial score (nSPS) is 19.7. The largest absolute Gasteiger partial charge is 0.378 e. The van der Waals surface area contributed by atoms with E-state index in [-0.39, 0.29) is 18.0 Å². The van der Waals surface area contributed by atoms with Crippen LogP contribution in [0.5, 0.6) is 0 Å².